The van der Waals surface area contributed by atoms with Gasteiger partial charge in [0.15, 0.2) is 6.61 Å². The van der Waals surface area contributed by atoms with Gasteiger partial charge in [-0.2, -0.15) is 0 Å². The lowest BCUT2D eigenvalue weighted by Gasteiger charge is -2.28. The van der Waals surface area contributed by atoms with Gasteiger partial charge < -0.3 is 19.3 Å². The second-order valence-electron chi connectivity index (χ2n) is 7.25. The van der Waals surface area contributed by atoms with Crippen LogP contribution < -0.4 is 4.65 Å². The molecule has 0 radical (unpaired) electrons. The van der Waals surface area contributed by atoms with Crippen LogP contribution in [0.1, 0.15) is 62.4 Å². The van der Waals surface area contributed by atoms with Crippen molar-refractivity contribution in [3.05, 3.63) is 29.3 Å². The fraction of sp³-hybridized carbons (Fsp3) is 0.571. The highest BCUT2D eigenvalue weighted by Crippen LogP contribution is 2.36. The number of unbranched alkanes of at least 4 members (excludes halogenated alkanes) is 1. The molecule has 0 aliphatic carbocycles. The summed E-state index contributed by atoms with van der Waals surface area (Å²) < 4.78 is 10.8. The second kappa shape index (κ2) is 11.0. The van der Waals surface area contributed by atoms with E-state index in [1.54, 1.807) is 17.0 Å². The first-order chi connectivity index (χ1) is 13.9. The molecule has 1 N–H and O–H groups in total. The van der Waals surface area contributed by atoms with Crippen molar-refractivity contribution in [3.63, 3.8) is 0 Å². The lowest BCUT2D eigenvalue weighted by atomic mass is 9.64. The number of carbonyl (C=O) groups is 3. The normalized spacial score (nSPS) is 15.3. The van der Waals surface area contributed by atoms with Crippen LogP contribution in [-0.2, 0) is 20.7 Å². The SMILES string of the molecule is CCCCC(=O)C[C@H]1Cc2cccc(C(=O)OCC(=O)N(CC)CC)c2OB1O. The summed E-state index contributed by atoms with van der Waals surface area (Å²) in [5.41, 5.74) is 0.915. The largest absolute Gasteiger partial charge is 0.535 e. The summed E-state index contributed by atoms with van der Waals surface area (Å²) in [6, 6.07) is 5.06. The van der Waals surface area contributed by atoms with E-state index in [1.807, 2.05) is 26.8 Å². The number of esters is 1. The van der Waals surface area contributed by atoms with Crippen molar-refractivity contribution in [2.75, 3.05) is 19.7 Å². The van der Waals surface area contributed by atoms with Gasteiger partial charge in [-0.3, -0.25) is 9.59 Å². The van der Waals surface area contributed by atoms with Crippen molar-refractivity contribution in [3.8, 4) is 5.75 Å². The minimum atomic E-state index is -1.17. The smallest absolute Gasteiger partial charge is 0.526 e. The van der Waals surface area contributed by atoms with E-state index < -0.39 is 13.1 Å². The third kappa shape index (κ3) is 6.06. The van der Waals surface area contributed by atoms with E-state index in [-0.39, 0.29) is 41.8 Å². The van der Waals surface area contributed by atoms with Gasteiger partial charge in [-0.25, -0.2) is 4.79 Å². The maximum Gasteiger partial charge on any atom is 0.526 e. The van der Waals surface area contributed by atoms with Crippen LogP contribution in [-0.4, -0.2) is 54.4 Å². The number of Topliss-reactive ketones (excluding diaryl/α,β-unsaturated/α-hetero) is 1. The Morgan fingerprint density at radius 2 is 1.97 bits per heavy atom. The fourth-order valence-electron chi connectivity index (χ4n) is 3.46. The fourth-order valence-corrected chi connectivity index (χ4v) is 3.46. The van der Waals surface area contributed by atoms with Crippen molar-refractivity contribution in [1.82, 2.24) is 4.90 Å². The lowest BCUT2D eigenvalue weighted by Crippen LogP contribution is -2.36. The highest BCUT2D eigenvalue weighted by molar-refractivity contribution is 6.47. The zero-order chi connectivity index (χ0) is 21.4. The maximum atomic E-state index is 12.5. The molecular formula is C21H30BNO6. The predicted octanol–water partition coefficient (Wildman–Crippen LogP) is 2.65. The van der Waals surface area contributed by atoms with Gasteiger partial charge in [0, 0.05) is 31.7 Å². The summed E-state index contributed by atoms with van der Waals surface area (Å²) >= 11 is 0. The molecule has 0 fully saturated rings. The first kappa shape index (κ1) is 22.9. The molecule has 1 atom stereocenters. The molecule has 158 valence electrons. The molecule has 1 heterocycles. The van der Waals surface area contributed by atoms with Gasteiger partial charge in [-0.05, 0) is 38.3 Å². The number of carbonyl (C=O) groups excluding carboxylic acids is 3. The molecule has 0 aromatic heterocycles. The molecule has 29 heavy (non-hydrogen) atoms. The number of hydrogen-bond donors (Lipinski definition) is 1. The van der Waals surface area contributed by atoms with Crippen molar-refractivity contribution in [2.24, 2.45) is 0 Å². The first-order valence-corrected chi connectivity index (χ1v) is 10.3. The standard InChI is InChI=1S/C21H30BNO6/c1-4-7-10-17(24)13-16-12-15-9-8-11-18(20(15)29-22(16)27)21(26)28-14-19(25)23(5-2)6-3/h8-9,11,16,27H,4-7,10,12-14H2,1-3H3/t16-/m1/s1. The van der Waals surface area contributed by atoms with Crippen LogP contribution in [0.4, 0.5) is 0 Å². The molecule has 0 saturated heterocycles. The number of nitrogens with zero attached hydrogens (tertiary/aromatic N) is 1. The Labute approximate surface area is 172 Å². The summed E-state index contributed by atoms with van der Waals surface area (Å²) in [6.45, 7) is 6.48. The third-order valence-corrected chi connectivity index (χ3v) is 5.18. The van der Waals surface area contributed by atoms with Gasteiger partial charge in [0.1, 0.15) is 17.1 Å². The molecule has 0 spiro atoms. The first-order valence-electron chi connectivity index (χ1n) is 10.3. The Hall–Kier alpha value is -2.35. The van der Waals surface area contributed by atoms with Crippen molar-refractivity contribution < 1.29 is 28.8 Å². The van der Waals surface area contributed by atoms with Crippen LogP contribution in [0.3, 0.4) is 0 Å². The number of para-hydroxylation sites is 1. The Kier molecular flexibility index (Phi) is 8.70. The zero-order valence-corrected chi connectivity index (χ0v) is 17.5. The molecule has 1 amide bonds. The predicted molar refractivity (Wildman–Crippen MR) is 110 cm³/mol. The molecule has 0 saturated carbocycles. The number of amides is 1. The monoisotopic (exact) mass is 403 g/mol. The molecule has 1 aromatic rings. The molecule has 1 aliphatic rings. The average molecular weight is 403 g/mol. The van der Waals surface area contributed by atoms with E-state index in [9.17, 15) is 19.4 Å². The topological polar surface area (TPSA) is 93.1 Å². The van der Waals surface area contributed by atoms with Gasteiger partial charge in [-0.15, -0.1) is 0 Å². The van der Waals surface area contributed by atoms with Gasteiger partial charge in [0.05, 0.1) is 0 Å². The van der Waals surface area contributed by atoms with Crippen LogP contribution in [0, 0.1) is 0 Å². The molecule has 1 aromatic carbocycles. The molecule has 0 unspecified atom stereocenters. The summed E-state index contributed by atoms with van der Waals surface area (Å²) in [6.07, 6.45) is 2.96. The average Bonchev–Trinajstić information content (AvgIpc) is 2.71. The van der Waals surface area contributed by atoms with Gasteiger partial charge >= 0.3 is 13.1 Å². The Bertz CT molecular complexity index is 734. The van der Waals surface area contributed by atoms with Crippen LogP contribution in [0.25, 0.3) is 0 Å². The van der Waals surface area contributed by atoms with E-state index in [0.29, 0.717) is 25.9 Å². The lowest BCUT2D eigenvalue weighted by molar-refractivity contribution is -0.134. The summed E-state index contributed by atoms with van der Waals surface area (Å²) in [5.74, 6) is -0.917. The minimum absolute atomic E-state index is 0.105. The third-order valence-electron chi connectivity index (χ3n) is 5.18. The Morgan fingerprint density at radius 3 is 2.62 bits per heavy atom. The minimum Gasteiger partial charge on any atom is -0.535 e. The van der Waals surface area contributed by atoms with E-state index in [0.717, 1.165) is 18.4 Å². The number of ketones is 1. The molecule has 7 nitrogen and oxygen atoms in total. The molecule has 2 rings (SSSR count). The Balaban J connectivity index is 2.05. The summed E-state index contributed by atoms with van der Waals surface area (Å²) in [7, 11) is -1.17. The molecular weight excluding hydrogens is 373 g/mol. The number of benzene rings is 1. The van der Waals surface area contributed by atoms with E-state index >= 15 is 0 Å². The Morgan fingerprint density at radius 1 is 1.24 bits per heavy atom. The molecule has 8 heteroatoms. The van der Waals surface area contributed by atoms with Crippen LogP contribution in [0.5, 0.6) is 5.75 Å². The van der Waals surface area contributed by atoms with Crippen molar-refractivity contribution in [1.29, 1.82) is 0 Å². The van der Waals surface area contributed by atoms with Crippen LogP contribution in [0.2, 0.25) is 5.82 Å². The van der Waals surface area contributed by atoms with E-state index in [4.69, 9.17) is 9.39 Å². The maximum absolute atomic E-state index is 12.5. The summed E-state index contributed by atoms with van der Waals surface area (Å²) in [4.78, 5) is 38.2. The van der Waals surface area contributed by atoms with E-state index in [2.05, 4.69) is 0 Å². The number of rotatable bonds is 10. The number of ether oxygens (including phenoxy) is 1. The highest BCUT2D eigenvalue weighted by Gasteiger charge is 2.37. The highest BCUT2D eigenvalue weighted by atomic mass is 16.5. The molecule has 0 bridgehead atoms. The summed E-state index contributed by atoms with van der Waals surface area (Å²) in [5, 5.41) is 10.4. The number of fused-ring (bicyclic) bond motifs is 1. The van der Waals surface area contributed by atoms with Crippen LogP contribution in [0.15, 0.2) is 18.2 Å². The van der Waals surface area contributed by atoms with Crippen LogP contribution >= 0.6 is 0 Å². The second-order valence-corrected chi connectivity index (χ2v) is 7.25. The van der Waals surface area contributed by atoms with Crippen molar-refractivity contribution in [2.45, 2.75) is 58.7 Å². The molecule has 1 aliphatic heterocycles. The van der Waals surface area contributed by atoms with Crippen molar-refractivity contribution >= 4 is 24.8 Å². The quantitative estimate of drug-likeness (QED) is 0.477. The van der Waals surface area contributed by atoms with Gasteiger partial charge in [0.25, 0.3) is 5.91 Å². The van der Waals surface area contributed by atoms with Gasteiger partial charge in [-0.1, -0.05) is 25.5 Å². The number of likely N-dealkylation sites (N-methyl/N-ethyl adjacent to an activating group) is 1. The van der Waals surface area contributed by atoms with E-state index in [1.165, 1.54) is 0 Å². The van der Waals surface area contributed by atoms with Gasteiger partial charge in [0.2, 0.25) is 0 Å². The zero-order valence-electron chi connectivity index (χ0n) is 17.5. The number of hydrogen-bond acceptors (Lipinski definition) is 6.